The third-order valence-electron chi connectivity index (χ3n) is 4.11. The SMILES string of the molecule is CN(C)C1Cc2c[nH]c3ccc(C(N)=O)c(c23)C1.O=C(O)C(=O)O. The topological polar surface area (TPSA) is 137 Å². The first-order valence-corrected chi connectivity index (χ1v) is 7.26. The number of aliphatic carboxylic acids is 2. The van der Waals surface area contributed by atoms with Crippen molar-refractivity contribution in [2.24, 2.45) is 5.73 Å². The molecule has 1 aromatic carbocycles. The van der Waals surface area contributed by atoms with Gasteiger partial charge >= 0.3 is 11.9 Å². The van der Waals surface area contributed by atoms with E-state index in [1.54, 1.807) is 0 Å². The van der Waals surface area contributed by atoms with Gasteiger partial charge in [0, 0.05) is 28.7 Å². The van der Waals surface area contributed by atoms with E-state index in [4.69, 9.17) is 25.5 Å². The molecule has 1 unspecified atom stereocenters. The van der Waals surface area contributed by atoms with Gasteiger partial charge in [0.15, 0.2) is 0 Å². The third-order valence-corrected chi connectivity index (χ3v) is 4.11. The molecule has 5 N–H and O–H groups in total. The Hall–Kier alpha value is -2.87. The van der Waals surface area contributed by atoms with E-state index in [0.29, 0.717) is 11.6 Å². The number of H-pyrrole nitrogens is 1. The van der Waals surface area contributed by atoms with Crippen LogP contribution in [0.5, 0.6) is 0 Å². The number of carbonyl (C=O) groups is 3. The third kappa shape index (κ3) is 3.38. The summed E-state index contributed by atoms with van der Waals surface area (Å²) < 4.78 is 0. The van der Waals surface area contributed by atoms with E-state index in [2.05, 4.69) is 30.2 Å². The summed E-state index contributed by atoms with van der Waals surface area (Å²) in [5.41, 5.74) is 9.63. The summed E-state index contributed by atoms with van der Waals surface area (Å²) in [6.07, 6.45) is 3.95. The normalized spacial score (nSPS) is 15.7. The molecule has 128 valence electrons. The zero-order valence-corrected chi connectivity index (χ0v) is 13.4. The Morgan fingerprint density at radius 3 is 2.29 bits per heavy atom. The van der Waals surface area contributed by atoms with Crippen molar-refractivity contribution in [3.8, 4) is 0 Å². The molecule has 24 heavy (non-hydrogen) atoms. The summed E-state index contributed by atoms with van der Waals surface area (Å²) in [5, 5.41) is 16.0. The zero-order chi connectivity index (χ0) is 18.0. The molecule has 1 amide bonds. The van der Waals surface area contributed by atoms with Crippen LogP contribution in [0.2, 0.25) is 0 Å². The van der Waals surface area contributed by atoms with Crippen LogP contribution >= 0.6 is 0 Å². The van der Waals surface area contributed by atoms with Crippen LogP contribution in [0.1, 0.15) is 21.5 Å². The molecule has 3 rings (SSSR count). The standard InChI is InChI=1S/C14H17N3O.C2H2O4/c1-17(2)9-5-8-7-16-12-4-3-10(14(15)18)11(6-9)13(8)12;3-1(4)2(5)6/h3-4,7,9,16H,5-6H2,1-2H3,(H2,15,18);(H,3,4)(H,5,6). The van der Waals surface area contributed by atoms with Crippen LogP contribution in [0, 0.1) is 0 Å². The van der Waals surface area contributed by atoms with Gasteiger partial charge in [-0.2, -0.15) is 0 Å². The molecule has 0 fully saturated rings. The molecule has 1 heterocycles. The van der Waals surface area contributed by atoms with Gasteiger partial charge in [0.2, 0.25) is 5.91 Å². The second-order valence-electron chi connectivity index (χ2n) is 5.83. The lowest BCUT2D eigenvalue weighted by Crippen LogP contribution is -2.35. The number of aromatic nitrogens is 1. The number of benzene rings is 1. The highest BCUT2D eigenvalue weighted by Crippen LogP contribution is 2.33. The van der Waals surface area contributed by atoms with Crippen molar-refractivity contribution in [2.75, 3.05) is 14.1 Å². The minimum absolute atomic E-state index is 0.335. The number of primary amides is 1. The molecular weight excluding hydrogens is 314 g/mol. The Bertz CT molecular complexity index is 797. The van der Waals surface area contributed by atoms with Gasteiger partial charge in [0.25, 0.3) is 0 Å². The number of nitrogens with two attached hydrogens (primary N) is 1. The van der Waals surface area contributed by atoms with Gasteiger partial charge in [-0.25, -0.2) is 9.59 Å². The first kappa shape index (κ1) is 17.5. The number of aromatic amines is 1. The number of carboxylic acid groups (broad SMARTS) is 2. The fraction of sp³-hybridized carbons (Fsp3) is 0.312. The molecule has 0 spiro atoms. The fourth-order valence-electron chi connectivity index (χ4n) is 2.90. The molecule has 0 saturated heterocycles. The van der Waals surface area contributed by atoms with Gasteiger partial charge in [0.05, 0.1) is 0 Å². The van der Waals surface area contributed by atoms with Crippen LogP contribution in [-0.4, -0.2) is 58.1 Å². The maximum Gasteiger partial charge on any atom is 0.414 e. The van der Waals surface area contributed by atoms with Crippen LogP contribution in [0.15, 0.2) is 18.3 Å². The number of rotatable bonds is 2. The highest BCUT2D eigenvalue weighted by atomic mass is 16.4. The second kappa shape index (κ2) is 6.71. The van der Waals surface area contributed by atoms with Gasteiger partial charge in [-0.05, 0) is 50.2 Å². The van der Waals surface area contributed by atoms with E-state index in [1.807, 2.05) is 12.1 Å². The monoisotopic (exact) mass is 333 g/mol. The molecule has 0 bridgehead atoms. The number of hydrogen-bond donors (Lipinski definition) is 4. The van der Waals surface area contributed by atoms with Crippen LogP contribution in [-0.2, 0) is 22.4 Å². The minimum Gasteiger partial charge on any atom is -0.473 e. The molecule has 8 nitrogen and oxygen atoms in total. The first-order chi connectivity index (χ1) is 11.2. The molecule has 1 aliphatic carbocycles. The average molecular weight is 333 g/mol. The van der Waals surface area contributed by atoms with Crippen molar-refractivity contribution >= 4 is 28.7 Å². The summed E-state index contributed by atoms with van der Waals surface area (Å²) in [6.45, 7) is 0. The molecule has 8 heteroatoms. The van der Waals surface area contributed by atoms with Crippen molar-refractivity contribution in [3.05, 3.63) is 35.0 Å². The first-order valence-electron chi connectivity index (χ1n) is 7.26. The van der Waals surface area contributed by atoms with Crippen molar-refractivity contribution in [2.45, 2.75) is 18.9 Å². The number of amides is 1. The minimum atomic E-state index is -1.82. The van der Waals surface area contributed by atoms with Crippen LogP contribution in [0.4, 0.5) is 0 Å². The van der Waals surface area contributed by atoms with E-state index < -0.39 is 11.9 Å². The van der Waals surface area contributed by atoms with Gasteiger partial charge in [0.1, 0.15) is 0 Å². The predicted octanol–water partition coefficient (Wildman–Crippen LogP) is 0.451. The maximum absolute atomic E-state index is 11.6. The molecule has 2 aromatic rings. The Kier molecular flexibility index (Phi) is 4.89. The van der Waals surface area contributed by atoms with Crippen molar-refractivity contribution in [1.82, 2.24) is 9.88 Å². The van der Waals surface area contributed by atoms with Gasteiger partial charge in [-0.15, -0.1) is 0 Å². The Morgan fingerprint density at radius 2 is 1.79 bits per heavy atom. The summed E-state index contributed by atoms with van der Waals surface area (Å²) in [5.74, 6) is -3.98. The lowest BCUT2D eigenvalue weighted by molar-refractivity contribution is -0.159. The summed E-state index contributed by atoms with van der Waals surface area (Å²) in [4.78, 5) is 35.2. The number of nitrogens with one attached hydrogen (secondary N) is 1. The predicted molar refractivity (Wildman–Crippen MR) is 87.0 cm³/mol. The van der Waals surface area contributed by atoms with E-state index in [9.17, 15) is 4.79 Å². The smallest absolute Gasteiger partial charge is 0.414 e. The molecule has 0 saturated carbocycles. The van der Waals surface area contributed by atoms with Crippen molar-refractivity contribution < 1.29 is 24.6 Å². The fourth-order valence-corrected chi connectivity index (χ4v) is 2.90. The summed E-state index contributed by atoms with van der Waals surface area (Å²) in [6, 6.07) is 4.20. The summed E-state index contributed by atoms with van der Waals surface area (Å²) >= 11 is 0. The largest absolute Gasteiger partial charge is 0.473 e. The van der Waals surface area contributed by atoms with E-state index >= 15 is 0 Å². The number of carboxylic acids is 2. The van der Waals surface area contributed by atoms with E-state index in [0.717, 1.165) is 23.9 Å². The average Bonchev–Trinajstić information content (AvgIpc) is 2.92. The highest BCUT2D eigenvalue weighted by molar-refractivity contribution is 6.27. The van der Waals surface area contributed by atoms with Crippen molar-refractivity contribution in [1.29, 1.82) is 0 Å². The maximum atomic E-state index is 11.6. The van der Waals surface area contributed by atoms with Crippen LogP contribution < -0.4 is 5.73 Å². The molecule has 1 aliphatic rings. The Morgan fingerprint density at radius 1 is 1.17 bits per heavy atom. The number of hydrogen-bond acceptors (Lipinski definition) is 4. The number of carbonyl (C=O) groups excluding carboxylic acids is 1. The second-order valence-corrected chi connectivity index (χ2v) is 5.83. The Labute approximate surface area is 137 Å². The van der Waals surface area contributed by atoms with Gasteiger partial charge in [-0.3, -0.25) is 4.79 Å². The van der Waals surface area contributed by atoms with Gasteiger partial charge in [-0.1, -0.05) is 0 Å². The van der Waals surface area contributed by atoms with Crippen LogP contribution in [0.3, 0.4) is 0 Å². The number of nitrogens with zero attached hydrogens (tertiary/aromatic N) is 1. The molecular formula is C16H19N3O5. The molecule has 0 aliphatic heterocycles. The Balaban J connectivity index is 0.000000301. The lowest BCUT2D eigenvalue weighted by Gasteiger charge is -2.29. The molecule has 0 radical (unpaired) electrons. The van der Waals surface area contributed by atoms with Gasteiger partial charge < -0.3 is 25.8 Å². The van der Waals surface area contributed by atoms with E-state index in [-0.39, 0.29) is 5.91 Å². The molecule has 1 aromatic heterocycles. The van der Waals surface area contributed by atoms with Crippen LogP contribution in [0.25, 0.3) is 10.9 Å². The lowest BCUT2D eigenvalue weighted by atomic mass is 9.86. The summed E-state index contributed by atoms with van der Waals surface area (Å²) in [7, 11) is 4.15. The number of likely N-dealkylation sites (N-methyl/N-ethyl adjacent to an activating group) is 1. The quantitative estimate of drug-likeness (QED) is 0.589. The highest BCUT2D eigenvalue weighted by Gasteiger charge is 2.26. The van der Waals surface area contributed by atoms with E-state index in [1.165, 1.54) is 10.9 Å². The van der Waals surface area contributed by atoms with Crippen molar-refractivity contribution in [3.63, 3.8) is 0 Å². The zero-order valence-electron chi connectivity index (χ0n) is 13.4. The molecule has 1 atom stereocenters.